The molecule has 0 aliphatic heterocycles. The molecule has 0 atom stereocenters. The first-order valence-corrected chi connectivity index (χ1v) is 6.67. The van der Waals surface area contributed by atoms with E-state index in [0.29, 0.717) is 5.03 Å². The lowest BCUT2D eigenvalue weighted by molar-refractivity contribution is -0.139. The maximum atomic E-state index is 13.0. The molecule has 2 nitrogen and oxygen atoms in total. The molecule has 0 fully saturated rings. The molecule has 2 rings (SSSR count). The Labute approximate surface area is 119 Å². The second kappa shape index (κ2) is 5.36. The van der Waals surface area contributed by atoms with Crippen LogP contribution in [0.1, 0.15) is 16.8 Å². The number of nitrogens with zero attached hydrogens (tertiary/aromatic N) is 1. The van der Waals surface area contributed by atoms with Crippen molar-refractivity contribution in [2.75, 3.05) is 5.73 Å². The number of hydrogen-bond acceptors (Lipinski definition) is 3. The number of halogens is 3. The predicted octanol–water partition coefficient (Wildman–Crippen LogP) is 4.45. The summed E-state index contributed by atoms with van der Waals surface area (Å²) in [5, 5.41) is 0.540. The van der Waals surface area contributed by atoms with Gasteiger partial charge in [-0.25, -0.2) is 4.98 Å². The Morgan fingerprint density at radius 2 is 1.80 bits per heavy atom. The average molecular weight is 298 g/mol. The van der Waals surface area contributed by atoms with Crippen molar-refractivity contribution < 1.29 is 13.2 Å². The van der Waals surface area contributed by atoms with Gasteiger partial charge in [-0.3, -0.25) is 0 Å². The number of hydrogen-bond donors (Lipinski definition) is 1. The van der Waals surface area contributed by atoms with Crippen molar-refractivity contribution in [2.45, 2.75) is 29.9 Å². The third-order valence-electron chi connectivity index (χ3n) is 2.60. The van der Waals surface area contributed by atoms with Crippen molar-refractivity contribution >= 4 is 17.4 Å². The maximum absolute atomic E-state index is 13.0. The molecular formula is C14H13F3N2S. The summed E-state index contributed by atoms with van der Waals surface area (Å²) in [6.07, 6.45) is -4.43. The maximum Gasteiger partial charge on any atom is 0.417 e. The zero-order valence-electron chi connectivity index (χ0n) is 11.0. The molecule has 20 heavy (non-hydrogen) atoms. The van der Waals surface area contributed by atoms with Gasteiger partial charge in [-0.1, -0.05) is 11.8 Å². The lowest BCUT2D eigenvalue weighted by Crippen LogP contribution is -2.07. The molecule has 0 bridgehead atoms. The van der Waals surface area contributed by atoms with E-state index in [4.69, 9.17) is 5.73 Å². The number of pyridine rings is 1. The van der Waals surface area contributed by atoms with Crippen LogP contribution in [-0.4, -0.2) is 4.98 Å². The molecule has 2 aromatic rings. The number of benzene rings is 1. The Balaban J connectivity index is 2.43. The summed E-state index contributed by atoms with van der Waals surface area (Å²) in [6, 6.07) is 7.42. The van der Waals surface area contributed by atoms with Gasteiger partial charge in [-0.05, 0) is 49.7 Å². The number of aromatic nitrogens is 1. The van der Waals surface area contributed by atoms with Crippen LogP contribution in [0, 0.1) is 13.8 Å². The summed E-state index contributed by atoms with van der Waals surface area (Å²) in [5.41, 5.74) is 6.54. The predicted molar refractivity (Wildman–Crippen MR) is 73.7 cm³/mol. The average Bonchev–Trinajstić information content (AvgIpc) is 2.28. The smallest absolute Gasteiger partial charge is 0.399 e. The van der Waals surface area contributed by atoms with Crippen molar-refractivity contribution in [1.29, 1.82) is 0 Å². The molecule has 0 aliphatic rings. The molecule has 0 saturated carbocycles. The molecule has 1 aromatic heterocycles. The highest BCUT2D eigenvalue weighted by Crippen LogP contribution is 2.40. The SMILES string of the molecule is Cc1cc(C)nc(Sc2ccc(N)cc2C(F)(F)F)c1. The summed E-state index contributed by atoms with van der Waals surface area (Å²) in [6.45, 7) is 3.69. The van der Waals surface area contributed by atoms with E-state index < -0.39 is 11.7 Å². The van der Waals surface area contributed by atoms with Crippen LogP contribution in [0.2, 0.25) is 0 Å². The van der Waals surface area contributed by atoms with Gasteiger partial charge < -0.3 is 5.73 Å². The molecule has 1 heterocycles. The van der Waals surface area contributed by atoms with Crippen LogP contribution < -0.4 is 5.73 Å². The largest absolute Gasteiger partial charge is 0.417 e. The Kier molecular flexibility index (Phi) is 3.94. The van der Waals surface area contributed by atoms with Gasteiger partial charge in [0.05, 0.1) is 5.56 Å². The molecule has 0 aliphatic carbocycles. The molecule has 6 heteroatoms. The zero-order valence-corrected chi connectivity index (χ0v) is 11.8. The fraction of sp³-hybridized carbons (Fsp3) is 0.214. The standard InChI is InChI=1S/C14H13F3N2S/c1-8-5-9(2)19-13(6-8)20-12-4-3-10(18)7-11(12)14(15,16)17/h3-7H,18H2,1-2H3. The van der Waals surface area contributed by atoms with Crippen LogP contribution >= 0.6 is 11.8 Å². The van der Waals surface area contributed by atoms with Gasteiger partial charge in [0.15, 0.2) is 0 Å². The van der Waals surface area contributed by atoms with E-state index in [-0.39, 0.29) is 10.6 Å². The van der Waals surface area contributed by atoms with Gasteiger partial charge in [0, 0.05) is 16.3 Å². The number of aryl methyl sites for hydroxylation is 2. The monoisotopic (exact) mass is 298 g/mol. The van der Waals surface area contributed by atoms with Crippen molar-refractivity contribution in [2.24, 2.45) is 0 Å². The normalized spacial score (nSPS) is 11.7. The first kappa shape index (κ1) is 14.7. The first-order chi connectivity index (χ1) is 9.25. The van der Waals surface area contributed by atoms with E-state index in [0.717, 1.165) is 29.1 Å². The molecule has 0 radical (unpaired) electrons. The van der Waals surface area contributed by atoms with Gasteiger partial charge in [0.2, 0.25) is 0 Å². The topological polar surface area (TPSA) is 38.9 Å². The Morgan fingerprint density at radius 1 is 1.10 bits per heavy atom. The van der Waals surface area contributed by atoms with E-state index in [1.165, 1.54) is 12.1 Å². The summed E-state index contributed by atoms with van der Waals surface area (Å²) in [4.78, 5) is 4.34. The van der Waals surface area contributed by atoms with Gasteiger partial charge in [-0.15, -0.1) is 0 Å². The summed E-state index contributed by atoms with van der Waals surface area (Å²) >= 11 is 0.991. The molecule has 106 valence electrons. The van der Waals surface area contributed by atoms with Crippen LogP contribution in [0.5, 0.6) is 0 Å². The Bertz CT molecular complexity index is 619. The third kappa shape index (κ3) is 3.45. The van der Waals surface area contributed by atoms with Gasteiger partial charge in [0.25, 0.3) is 0 Å². The molecule has 1 aromatic carbocycles. The van der Waals surface area contributed by atoms with E-state index in [1.54, 1.807) is 6.07 Å². The Hall–Kier alpha value is -1.69. The molecule has 0 saturated heterocycles. The van der Waals surface area contributed by atoms with Crippen molar-refractivity contribution in [3.63, 3.8) is 0 Å². The minimum Gasteiger partial charge on any atom is -0.399 e. The number of nitrogens with two attached hydrogens (primary N) is 1. The van der Waals surface area contributed by atoms with Crippen LogP contribution in [0.15, 0.2) is 40.3 Å². The third-order valence-corrected chi connectivity index (χ3v) is 3.59. The summed E-state index contributed by atoms with van der Waals surface area (Å²) < 4.78 is 39.0. The number of anilines is 1. The minimum atomic E-state index is -4.43. The first-order valence-electron chi connectivity index (χ1n) is 5.85. The second-order valence-corrected chi connectivity index (χ2v) is 5.54. The van der Waals surface area contributed by atoms with Gasteiger partial charge >= 0.3 is 6.18 Å². The van der Waals surface area contributed by atoms with Crippen molar-refractivity contribution in [3.8, 4) is 0 Å². The lowest BCUT2D eigenvalue weighted by atomic mass is 10.2. The quantitative estimate of drug-likeness (QED) is 0.832. The molecule has 0 spiro atoms. The van der Waals surface area contributed by atoms with E-state index in [1.807, 2.05) is 19.9 Å². The van der Waals surface area contributed by atoms with Crippen molar-refractivity contribution in [3.05, 3.63) is 47.2 Å². The number of nitrogen functional groups attached to an aromatic ring is 1. The molecule has 0 amide bonds. The number of alkyl halides is 3. The second-order valence-electron chi connectivity index (χ2n) is 4.48. The molecule has 2 N–H and O–H groups in total. The number of rotatable bonds is 2. The van der Waals surface area contributed by atoms with E-state index >= 15 is 0 Å². The zero-order chi connectivity index (χ0) is 14.9. The fourth-order valence-corrected chi connectivity index (χ4v) is 2.91. The lowest BCUT2D eigenvalue weighted by Gasteiger charge is -2.13. The summed E-state index contributed by atoms with van der Waals surface area (Å²) in [7, 11) is 0. The highest BCUT2D eigenvalue weighted by molar-refractivity contribution is 7.99. The van der Waals surface area contributed by atoms with Crippen molar-refractivity contribution in [1.82, 2.24) is 4.98 Å². The van der Waals surface area contributed by atoms with Crippen LogP contribution in [-0.2, 0) is 6.18 Å². The minimum absolute atomic E-state index is 0.0926. The molecular weight excluding hydrogens is 285 g/mol. The summed E-state index contributed by atoms with van der Waals surface area (Å²) in [5.74, 6) is 0. The highest BCUT2D eigenvalue weighted by Gasteiger charge is 2.34. The van der Waals surface area contributed by atoms with Crippen LogP contribution in [0.3, 0.4) is 0 Å². The van der Waals surface area contributed by atoms with Gasteiger partial charge in [-0.2, -0.15) is 13.2 Å². The van der Waals surface area contributed by atoms with Crippen LogP contribution in [0.25, 0.3) is 0 Å². The van der Waals surface area contributed by atoms with E-state index in [9.17, 15) is 13.2 Å². The van der Waals surface area contributed by atoms with Crippen LogP contribution in [0.4, 0.5) is 18.9 Å². The molecule has 0 unspecified atom stereocenters. The highest BCUT2D eigenvalue weighted by atomic mass is 32.2. The van der Waals surface area contributed by atoms with E-state index in [2.05, 4.69) is 4.98 Å². The van der Waals surface area contributed by atoms with Gasteiger partial charge in [0.1, 0.15) is 5.03 Å². The fourth-order valence-electron chi connectivity index (χ4n) is 1.83. The Morgan fingerprint density at radius 3 is 2.40 bits per heavy atom.